The van der Waals surface area contributed by atoms with Crippen LogP contribution in [0.25, 0.3) is 6.08 Å². The molecular weight excluding hydrogens is 532 g/mol. The summed E-state index contributed by atoms with van der Waals surface area (Å²) in [6.07, 6.45) is 1.30. The number of nitrogens with zero attached hydrogens (tertiary/aromatic N) is 2. The van der Waals surface area contributed by atoms with E-state index in [0.717, 1.165) is 10.0 Å². The van der Waals surface area contributed by atoms with Crippen molar-refractivity contribution in [2.75, 3.05) is 6.61 Å². The molecule has 4 rings (SSSR count). The molecule has 0 saturated heterocycles. The van der Waals surface area contributed by atoms with Crippen molar-refractivity contribution in [1.29, 1.82) is 0 Å². The predicted octanol–water partition coefficient (Wildman–Crippen LogP) is 4.05. The number of esters is 1. The van der Waals surface area contributed by atoms with Crippen LogP contribution in [0, 0.1) is 0 Å². The number of phenols is 1. The third kappa shape index (κ3) is 5.11. The van der Waals surface area contributed by atoms with Crippen molar-refractivity contribution in [3.63, 3.8) is 0 Å². The maximum Gasteiger partial charge on any atom is 0.338 e. The first-order valence-corrected chi connectivity index (χ1v) is 12.7. The Morgan fingerprint density at radius 2 is 1.97 bits per heavy atom. The second-order valence-electron chi connectivity index (χ2n) is 8.24. The van der Waals surface area contributed by atoms with Crippen LogP contribution in [0.3, 0.4) is 0 Å². The van der Waals surface area contributed by atoms with E-state index in [1.165, 1.54) is 15.9 Å². The summed E-state index contributed by atoms with van der Waals surface area (Å²) in [6.45, 7) is 7.73. The van der Waals surface area contributed by atoms with Gasteiger partial charge in [-0.3, -0.25) is 9.36 Å². The smallest absolute Gasteiger partial charge is 0.338 e. The Labute approximate surface area is 214 Å². The van der Waals surface area contributed by atoms with Crippen LogP contribution in [-0.2, 0) is 9.53 Å². The van der Waals surface area contributed by atoms with Gasteiger partial charge in [0.25, 0.3) is 5.56 Å². The van der Waals surface area contributed by atoms with Crippen LogP contribution in [0.5, 0.6) is 11.5 Å². The van der Waals surface area contributed by atoms with Gasteiger partial charge in [0, 0.05) is 10.0 Å². The summed E-state index contributed by atoms with van der Waals surface area (Å²) >= 11 is 4.60. The lowest BCUT2D eigenvalue weighted by molar-refractivity contribution is -0.143. The van der Waals surface area contributed by atoms with Gasteiger partial charge in [0.2, 0.25) is 0 Å². The number of aromatic hydroxyl groups is 1. The number of hydrogen-bond donors (Lipinski definition) is 1. The van der Waals surface area contributed by atoms with Crippen LogP contribution in [0.2, 0.25) is 0 Å². The van der Waals surface area contributed by atoms with Gasteiger partial charge in [-0.15, -0.1) is 0 Å². The molecule has 0 bridgehead atoms. The number of hydrogen-bond acceptors (Lipinski definition) is 7. The number of halogens is 1. The lowest BCUT2D eigenvalue weighted by atomic mass is 9.96. The molecule has 7 nitrogen and oxygen atoms in total. The van der Waals surface area contributed by atoms with Crippen LogP contribution < -0.4 is 19.6 Å². The summed E-state index contributed by atoms with van der Waals surface area (Å²) in [5.74, 6) is 0.235. The summed E-state index contributed by atoms with van der Waals surface area (Å²) in [7, 11) is 0. The lowest BCUT2D eigenvalue weighted by Gasteiger charge is -2.25. The number of fused-ring (bicyclic) bond motifs is 1. The number of benzene rings is 2. The number of carbonyl (C=O) groups is 1. The van der Waals surface area contributed by atoms with Gasteiger partial charge in [-0.25, -0.2) is 9.79 Å². The molecule has 35 heavy (non-hydrogen) atoms. The third-order valence-electron chi connectivity index (χ3n) is 5.37. The topological polar surface area (TPSA) is 90.1 Å². The highest BCUT2D eigenvalue weighted by Gasteiger charge is 2.33. The van der Waals surface area contributed by atoms with Crippen LogP contribution >= 0.6 is 27.3 Å². The van der Waals surface area contributed by atoms with Crippen molar-refractivity contribution >= 4 is 39.3 Å². The second-order valence-corrected chi connectivity index (χ2v) is 10.2. The van der Waals surface area contributed by atoms with Crippen molar-refractivity contribution in [3.05, 3.63) is 89.0 Å². The molecular formula is C26H25BrN2O5S. The molecule has 0 saturated carbocycles. The average molecular weight is 557 g/mol. The average Bonchev–Trinajstić information content (AvgIpc) is 3.10. The zero-order chi connectivity index (χ0) is 25.3. The molecule has 2 heterocycles. The maximum absolute atomic E-state index is 13.7. The Morgan fingerprint density at radius 1 is 1.26 bits per heavy atom. The van der Waals surface area contributed by atoms with Crippen molar-refractivity contribution < 1.29 is 19.4 Å². The first-order valence-electron chi connectivity index (χ1n) is 11.1. The van der Waals surface area contributed by atoms with E-state index in [4.69, 9.17) is 9.47 Å². The highest BCUT2D eigenvalue weighted by Crippen LogP contribution is 2.32. The number of thiazole rings is 1. The number of aromatic nitrogens is 1. The van der Waals surface area contributed by atoms with Gasteiger partial charge in [-0.05, 0) is 69.7 Å². The summed E-state index contributed by atoms with van der Waals surface area (Å²) in [4.78, 5) is 31.9. The normalized spacial score (nSPS) is 15.7. The Morgan fingerprint density at radius 3 is 2.63 bits per heavy atom. The number of ether oxygens (including phenoxy) is 2. The summed E-state index contributed by atoms with van der Waals surface area (Å²) in [6, 6.07) is 11.6. The predicted molar refractivity (Wildman–Crippen MR) is 138 cm³/mol. The van der Waals surface area contributed by atoms with E-state index >= 15 is 0 Å². The van der Waals surface area contributed by atoms with E-state index in [0.29, 0.717) is 38.5 Å². The lowest BCUT2D eigenvalue weighted by Crippen LogP contribution is -2.40. The molecule has 0 spiro atoms. The minimum atomic E-state index is -0.716. The third-order valence-corrected chi connectivity index (χ3v) is 6.84. The fourth-order valence-corrected chi connectivity index (χ4v) is 5.29. The van der Waals surface area contributed by atoms with Gasteiger partial charge < -0.3 is 14.6 Å². The van der Waals surface area contributed by atoms with E-state index in [2.05, 4.69) is 20.9 Å². The molecule has 9 heteroatoms. The second kappa shape index (κ2) is 10.2. The van der Waals surface area contributed by atoms with Gasteiger partial charge in [-0.1, -0.05) is 39.4 Å². The van der Waals surface area contributed by atoms with Crippen LogP contribution in [0.4, 0.5) is 0 Å². The van der Waals surface area contributed by atoms with Crippen molar-refractivity contribution in [2.24, 2.45) is 4.99 Å². The highest BCUT2D eigenvalue weighted by atomic mass is 79.9. The first kappa shape index (κ1) is 24.9. The molecule has 0 aliphatic carbocycles. The maximum atomic E-state index is 13.7. The SMILES string of the molecule is CCOc1ccc([C@H]2C(C(=O)OC(C)C)=C(C)N=c3s/c(=C/c4cc(Br)ccc4O)c(=O)n32)cc1. The van der Waals surface area contributed by atoms with Crippen molar-refractivity contribution in [3.8, 4) is 11.5 Å². The Balaban J connectivity index is 1.93. The van der Waals surface area contributed by atoms with Gasteiger partial charge >= 0.3 is 5.97 Å². The molecule has 1 aromatic heterocycles. The molecule has 1 N–H and O–H groups in total. The fraction of sp³-hybridized carbons (Fsp3) is 0.269. The van der Waals surface area contributed by atoms with Crippen LogP contribution in [-0.4, -0.2) is 28.4 Å². The summed E-state index contributed by atoms with van der Waals surface area (Å²) in [5, 5.41) is 10.3. The van der Waals surface area contributed by atoms with Crippen LogP contribution in [0.15, 0.2) is 68.0 Å². The molecule has 0 amide bonds. The fourth-order valence-electron chi connectivity index (χ4n) is 3.87. The zero-order valence-electron chi connectivity index (χ0n) is 19.7. The minimum absolute atomic E-state index is 0.0551. The molecule has 0 unspecified atom stereocenters. The Bertz CT molecular complexity index is 1490. The van der Waals surface area contributed by atoms with Gasteiger partial charge in [-0.2, -0.15) is 0 Å². The molecule has 1 aliphatic rings. The van der Waals surface area contributed by atoms with Gasteiger partial charge in [0.15, 0.2) is 4.80 Å². The molecule has 2 aromatic carbocycles. The van der Waals surface area contributed by atoms with E-state index in [9.17, 15) is 14.7 Å². The summed E-state index contributed by atoms with van der Waals surface area (Å²) in [5.41, 5.74) is 1.72. The van der Waals surface area contributed by atoms with Gasteiger partial charge in [0.05, 0.1) is 34.6 Å². The monoisotopic (exact) mass is 556 g/mol. The number of rotatable bonds is 6. The number of phenolic OH excluding ortho intramolecular Hbond substituents is 1. The van der Waals surface area contributed by atoms with Crippen molar-refractivity contribution in [2.45, 2.75) is 39.8 Å². The quantitative estimate of drug-likeness (QED) is 0.462. The molecule has 1 atom stereocenters. The first-order chi connectivity index (χ1) is 16.7. The van der Waals surface area contributed by atoms with E-state index < -0.39 is 12.0 Å². The molecule has 0 radical (unpaired) electrons. The number of carbonyl (C=O) groups excluding carboxylic acids is 1. The Hall–Kier alpha value is -3.17. The molecule has 1 aliphatic heterocycles. The Kier molecular flexibility index (Phi) is 7.28. The minimum Gasteiger partial charge on any atom is -0.507 e. The molecule has 3 aromatic rings. The van der Waals surface area contributed by atoms with E-state index in [-0.39, 0.29) is 17.4 Å². The highest BCUT2D eigenvalue weighted by molar-refractivity contribution is 9.10. The van der Waals surface area contributed by atoms with E-state index in [1.807, 2.05) is 31.2 Å². The number of allylic oxidation sites excluding steroid dienone is 1. The largest absolute Gasteiger partial charge is 0.507 e. The van der Waals surface area contributed by atoms with Gasteiger partial charge in [0.1, 0.15) is 11.5 Å². The van der Waals surface area contributed by atoms with Crippen LogP contribution in [0.1, 0.15) is 44.9 Å². The van der Waals surface area contributed by atoms with Crippen molar-refractivity contribution in [1.82, 2.24) is 4.57 Å². The van der Waals surface area contributed by atoms with E-state index in [1.54, 1.807) is 45.0 Å². The molecule has 182 valence electrons. The molecule has 0 fully saturated rings. The summed E-state index contributed by atoms with van der Waals surface area (Å²) < 4.78 is 13.8. The zero-order valence-corrected chi connectivity index (χ0v) is 22.1. The standard InChI is InChI=1S/C26H25BrN2O5S/c1-5-33-19-9-6-16(7-10-19)23-22(25(32)34-14(2)3)15(4)28-26-29(23)24(31)21(35-26)13-17-12-18(27)8-11-20(17)30/h6-14,23,30H,5H2,1-4H3/b21-13+/t23-/m0/s1.